The first-order chi connectivity index (χ1) is 11.5. The standard InChI is InChI=1S/C17H14ClFN2OS2/c1-21(9-11-2-5-13(19)6-3-11)16(22)10-23-17-20-14-8-12(18)4-7-15(14)24-17/h2-8H,9-10H2,1H3. The van der Waals surface area contributed by atoms with E-state index in [1.807, 2.05) is 18.2 Å². The van der Waals surface area contributed by atoms with E-state index in [4.69, 9.17) is 11.6 Å². The van der Waals surface area contributed by atoms with E-state index in [1.54, 1.807) is 35.4 Å². The number of aromatic nitrogens is 1. The molecule has 1 heterocycles. The van der Waals surface area contributed by atoms with Gasteiger partial charge in [-0.2, -0.15) is 0 Å². The topological polar surface area (TPSA) is 33.2 Å². The molecular weight excluding hydrogens is 367 g/mol. The lowest BCUT2D eigenvalue weighted by Crippen LogP contribution is -2.27. The fraction of sp³-hybridized carbons (Fsp3) is 0.176. The molecule has 0 unspecified atom stereocenters. The molecule has 0 aliphatic carbocycles. The summed E-state index contributed by atoms with van der Waals surface area (Å²) < 4.78 is 14.8. The van der Waals surface area contributed by atoms with Gasteiger partial charge in [0.25, 0.3) is 0 Å². The number of nitrogens with zero attached hydrogens (tertiary/aromatic N) is 2. The van der Waals surface area contributed by atoms with E-state index in [0.29, 0.717) is 17.3 Å². The number of amides is 1. The maximum absolute atomic E-state index is 12.9. The van der Waals surface area contributed by atoms with Crippen LogP contribution < -0.4 is 0 Å². The van der Waals surface area contributed by atoms with Crippen LogP contribution in [0.15, 0.2) is 46.8 Å². The maximum atomic E-state index is 12.9. The van der Waals surface area contributed by atoms with Crippen LogP contribution in [-0.4, -0.2) is 28.6 Å². The number of hydrogen-bond acceptors (Lipinski definition) is 4. The molecule has 1 amide bonds. The molecule has 7 heteroatoms. The molecule has 0 saturated carbocycles. The van der Waals surface area contributed by atoms with Crippen LogP contribution in [0.4, 0.5) is 4.39 Å². The fourth-order valence-corrected chi connectivity index (χ4v) is 4.28. The SMILES string of the molecule is CN(Cc1ccc(F)cc1)C(=O)CSc1nc2cc(Cl)ccc2s1. The highest BCUT2D eigenvalue weighted by atomic mass is 35.5. The minimum Gasteiger partial charge on any atom is -0.341 e. The summed E-state index contributed by atoms with van der Waals surface area (Å²) in [6.45, 7) is 0.453. The van der Waals surface area contributed by atoms with Crippen molar-refractivity contribution in [1.82, 2.24) is 9.88 Å². The van der Waals surface area contributed by atoms with E-state index < -0.39 is 0 Å². The maximum Gasteiger partial charge on any atom is 0.233 e. The number of hydrogen-bond donors (Lipinski definition) is 0. The molecule has 0 spiro atoms. The zero-order valence-corrected chi connectivity index (χ0v) is 15.2. The van der Waals surface area contributed by atoms with Crippen LogP contribution in [0.5, 0.6) is 0 Å². The van der Waals surface area contributed by atoms with Crippen LogP contribution in [0.25, 0.3) is 10.2 Å². The van der Waals surface area contributed by atoms with Gasteiger partial charge in [0.05, 0.1) is 16.0 Å². The van der Waals surface area contributed by atoms with Crippen LogP contribution >= 0.6 is 34.7 Å². The third-order valence-electron chi connectivity index (χ3n) is 3.41. The van der Waals surface area contributed by atoms with E-state index in [2.05, 4.69) is 4.98 Å². The van der Waals surface area contributed by atoms with Gasteiger partial charge in [-0.25, -0.2) is 9.37 Å². The van der Waals surface area contributed by atoms with Gasteiger partial charge in [0, 0.05) is 18.6 Å². The lowest BCUT2D eigenvalue weighted by molar-refractivity contribution is -0.127. The number of halogens is 2. The molecule has 0 atom stereocenters. The zero-order valence-electron chi connectivity index (χ0n) is 12.8. The van der Waals surface area contributed by atoms with Gasteiger partial charge >= 0.3 is 0 Å². The molecule has 2 aromatic carbocycles. The van der Waals surface area contributed by atoms with Crippen molar-refractivity contribution in [3.63, 3.8) is 0 Å². The van der Waals surface area contributed by atoms with Crippen LogP contribution in [0.2, 0.25) is 5.02 Å². The van der Waals surface area contributed by atoms with Crippen LogP contribution in [0, 0.1) is 5.82 Å². The number of fused-ring (bicyclic) bond motifs is 1. The highest BCUT2D eigenvalue weighted by Crippen LogP contribution is 2.31. The van der Waals surface area contributed by atoms with Crippen molar-refractivity contribution in [2.45, 2.75) is 10.9 Å². The monoisotopic (exact) mass is 380 g/mol. The number of carbonyl (C=O) groups excluding carboxylic acids is 1. The van der Waals surface area contributed by atoms with E-state index >= 15 is 0 Å². The summed E-state index contributed by atoms with van der Waals surface area (Å²) in [5.74, 6) is 0.0338. The predicted octanol–water partition coefficient (Wildman–Crippen LogP) is 4.84. The molecule has 0 bridgehead atoms. The average molecular weight is 381 g/mol. The summed E-state index contributed by atoms with van der Waals surface area (Å²) in [4.78, 5) is 18.4. The summed E-state index contributed by atoms with van der Waals surface area (Å²) in [6.07, 6.45) is 0. The Kier molecular flexibility index (Phi) is 5.38. The van der Waals surface area contributed by atoms with E-state index in [1.165, 1.54) is 23.9 Å². The van der Waals surface area contributed by atoms with E-state index in [0.717, 1.165) is 20.1 Å². The average Bonchev–Trinajstić information content (AvgIpc) is 2.96. The van der Waals surface area contributed by atoms with Gasteiger partial charge in [-0.3, -0.25) is 4.79 Å². The Bertz CT molecular complexity index is 867. The molecule has 24 heavy (non-hydrogen) atoms. The predicted molar refractivity (Wildman–Crippen MR) is 98.2 cm³/mol. The molecule has 0 fully saturated rings. The van der Waals surface area contributed by atoms with Crippen LogP contribution in [0.3, 0.4) is 0 Å². The third-order valence-corrected chi connectivity index (χ3v) is 5.81. The van der Waals surface area contributed by atoms with Crippen molar-refractivity contribution in [2.75, 3.05) is 12.8 Å². The second kappa shape index (κ2) is 7.51. The molecule has 0 radical (unpaired) electrons. The normalized spacial score (nSPS) is 11.0. The second-order valence-electron chi connectivity index (χ2n) is 5.26. The van der Waals surface area contributed by atoms with E-state index in [9.17, 15) is 9.18 Å². The summed E-state index contributed by atoms with van der Waals surface area (Å²) >= 11 is 8.92. The van der Waals surface area contributed by atoms with Crippen molar-refractivity contribution in [3.8, 4) is 0 Å². The van der Waals surface area contributed by atoms with Crippen molar-refractivity contribution in [1.29, 1.82) is 0 Å². The molecule has 1 aromatic heterocycles. The van der Waals surface area contributed by atoms with Gasteiger partial charge in [0.1, 0.15) is 5.82 Å². The molecule has 3 aromatic rings. The molecule has 0 aliphatic heterocycles. The second-order valence-corrected chi connectivity index (χ2v) is 7.95. The number of carbonyl (C=O) groups is 1. The zero-order chi connectivity index (χ0) is 17.1. The first kappa shape index (κ1) is 17.2. The number of benzene rings is 2. The van der Waals surface area contributed by atoms with E-state index in [-0.39, 0.29) is 11.7 Å². The number of rotatable bonds is 5. The molecule has 0 saturated heterocycles. The van der Waals surface area contributed by atoms with Gasteiger partial charge in [-0.1, -0.05) is 35.5 Å². The minimum atomic E-state index is -0.278. The van der Waals surface area contributed by atoms with Gasteiger partial charge in [-0.15, -0.1) is 11.3 Å². The summed E-state index contributed by atoms with van der Waals surface area (Å²) in [7, 11) is 1.74. The lowest BCUT2D eigenvalue weighted by atomic mass is 10.2. The Balaban J connectivity index is 1.58. The van der Waals surface area contributed by atoms with Crippen molar-refractivity contribution < 1.29 is 9.18 Å². The first-order valence-electron chi connectivity index (χ1n) is 7.18. The Labute approximate surface area is 152 Å². The Morgan fingerprint density at radius 3 is 2.79 bits per heavy atom. The lowest BCUT2D eigenvalue weighted by Gasteiger charge is -2.16. The Morgan fingerprint density at radius 1 is 1.29 bits per heavy atom. The highest BCUT2D eigenvalue weighted by Gasteiger charge is 2.12. The molecule has 3 nitrogen and oxygen atoms in total. The largest absolute Gasteiger partial charge is 0.341 e. The summed E-state index contributed by atoms with van der Waals surface area (Å²) in [6, 6.07) is 11.7. The van der Waals surface area contributed by atoms with Crippen molar-refractivity contribution in [2.24, 2.45) is 0 Å². The summed E-state index contributed by atoms with van der Waals surface area (Å²) in [5.41, 5.74) is 1.74. The van der Waals surface area contributed by atoms with Gasteiger partial charge in [0.2, 0.25) is 5.91 Å². The van der Waals surface area contributed by atoms with Crippen molar-refractivity contribution >= 4 is 50.8 Å². The molecule has 124 valence electrons. The minimum absolute atomic E-state index is 0.00149. The number of thiazole rings is 1. The van der Waals surface area contributed by atoms with Gasteiger partial charge in [0.15, 0.2) is 4.34 Å². The van der Waals surface area contributed by atoms with Crippen LogP contribution in [-0.2, 0) is 11.3 Å². The molecule has 3 rings (SSSR count). The van der Waals surface area contributed by atoms with Crippen molar-refractivity contribution in [3.05, 3.63) is 58.9 Å². The summed E-state index contributed by atoms with van der Waals surface area (Å²) in [5, 5.41) is 0.652. The molecule has 0 N–H and O–H groups in total. The molecule has 0 aliphatic rings. The number of thioether (sulfide) groups is 1. The fourth-order valence-electron chi connectivity index (χ4n) is 2.13. The molecular formula is C17H14ClFN2OS2. The Morgan fingerprint density at radius 2 is 2.04 bits per heavy atom. The van der Waals surface area contributed by atoms with Gasteiger partial charge in [-0.05, 0) is 35.9 Å². The smallest absolute Gasteiger partial charge is 0.233 e. The Hall–Kier alpha value is -1.63. The first-order valence-corrected chi connectivity index (χ1v) is 9.36. The van der Waals surface area contributed by atoms with Gasteiger partial charge < -0.3 is 4.90 Å². The quantitative estimate of drug-likeness (QED) is 0.594. The van der Waals surface area contributed by atoms with Crippen LogP contribution in [0.1, 0.15) is 5.56 Å². The highest BCUT2D eigenvalue weighted by molar-refractivity contribution is 8.01. The third kappa shape index (κ3) is 4.26.